The summed E-state index contributed by atoms with van der Waals surface area (Å²) in [5.74, 6) is 3.73. The van der Waals surface area contributed by atoms with E-state index in [-0.39, 0.29) is 0 Å². The van der Waals surface area contributed by atoms with E-state index in [1.165, 1.54) is 12.2 Å². The Kier molecular flexibility index (Phi) is 5.46. The van der Waals surface area contributed by atoms with Gasteiger partial charge in [0.1, 0.15) is 11.5 Å². The summed E-state index contributed by atoms with van der Waals surface area (Å²) < 4.78 is 11.4. The van der Waals surface area contributed by atoms with Crippen LogP contribution >= 0.6 is 0 Å². The largest absolute Gasteiger partial charge is 0.464 e. The molecule has 108 valence electrons. The smallest absolute Gasteiger partial charge is 0.117 e. The zero-order valence-electron chi connectivity index (χ0n) is 12.4. The monoisotopic (exact) mass is 265 g/mol. The van der Waals surface area contributed by atoms with Crippen LogP contribution < -0.4 is 5.32 Å². The molecule has 19 heavy (non-hydrogen) atoms. The van der Waals surface area contributed by atoms with Gasteiger partial charge >= 0.3 is 0 Å². The van der Waals surface area contributed by atoms with Crippen molar-refractivity contribution >= 4 is 0 Å². The summed E-state index contributed by atoms with van der Waals surface area (Å²) >= 11 is 0. The predicted octanol–water partition coefficient (Wildman–Crippen LogP) is 3.70. The molecule has 0 amide bonds. The van der Waals surface area contributed by atoms with Crippen LogP contribution in [0.3, 0.4) is 0 Å². The molecule has 1 aromatic rings. The Balaban J connectivity index is 1.52. The molecule has 0 aliphatic heterocycles. The number of hydrogen-bond acceptors (Lipinski definition) is 3. The average Bonchev–Trinajstić information content (AvgIpc) is 2.90. The first-order valence-electron chi connectivity index (χ1n) is 7.57. The van der Waals surface area contributed by atoms with Gasteiger partial charge in [0.05, 0.1) is 12.6 Å². The van der Waals surface area contributed by atoms with Crippen LogP contribution in [0.5, 0.6) is 0 Å². The van der Waals surface area contributed by atoms with Crippen LogP contribution in [0.1, 0.15) is 57.5 Å². The second kappa shape index (κ2) is 7.11. The topological polar surface area (TPSA) is 34.4 Å². The lowest BCUT2D eigenvalue weighted by Crippen LogP contribution is -2.15. The molecule has 1 N–H and O–H groups in total. The molecule has 0 bridgehead atoms. The van der Waals surface area contributed by atoms with Gasteiger partial charge in [0.25, 0.3) is 0 Å². The van der Waals surface area contributed by atoms with E-state index in [2.05, 4.69) is 38.2 Å². The summed E-state index contributed by atoms with van der Waals surface area (Å²) in [6, 6.07) is 4.25. The molecule has 1 saturated carbocycles. The van der Waals surface area contributed by atoms with Crippen molar-refractivity contribution in [1.82, 2.24) is 5.32 Å². The Bertz CT molecular complexity index is 373. The van der Waals surface area contributed by atoms with Gasteiger partial charge in [0.2, 0.25) is 0 Å². The van der Waals surface area contributed by atoms with Crippen LogP contribution in [-0.4, -0.2) is 19.3 Å². The van der Waals surface area contributed by atoms with Gasteiger partial charge in [0.15, 0.2) is 0 Å². The van der Waals surface area contributed by atoms with E-state index in [0.717, 1.165) is 44.2 Å². The van der Waals surface area contributed by atoms with Crippen LogP contribution in [0.4, 0.5) is 0 Å². The minimum absolute atomic E-state index is 0.347. The van der Waals surface area contributed by atoms with E-state index in [9.17, 15) is 0 Å². The standard InChI is InChI=1S/C16H27NO2/c1-12(2)18-9-5-4-8-17-11-14-6-7-16(19-14)15-10-13(15)3/h6-7,12-13,15,17H,4-5,8-11H2,1-3H3. The summed E-state index contributed by atoms with van der Waals surface area (Å²) in [6.45, 7) is 9.17. The first-order chi connectivity index (χ1) is 9.16. The highest BCUT2D eigenvalue weighted by Gasteiger charge is 2.36. The van der Waals surface area contributed by atoms with E-state index in [1.807, 2.05) is 0 Å². The highest BCUT2D eigenvalue weighted by Crippen LogP contribution is 2.47. The second-order valence-electron chi connectivity index (χ2n) is 5.93. The molecule has 0 radical (unpaired) electrons. The third-order valence-corrected chi connectivity index (χ3v) is 3.66. The first kappa shape index (κ1) is 14.6. The molecule has 1 aromatic heterocycles. The van der Waals surface area contributed by atoms with E-state index >= 15 is 0 Å². The van der Waals surface area contributed by atoms with Crippen LogP contribution in [-0.2, 0) is 11.3 Å². The van der Waals surface area contributed by atoms with Crippen molar-refractivity contribution < 1.29 is 9.15 Å². The number of unbranched alkanes of at least 4 members (excludes halogenated alkanes) is 1. The van der Waals surface area contributed by atoms with Crippen molar-refractivity contribution in [2.75, 3.05) is 13.2 Å². The zero-order chi connectivity index (χ0) is 13.7. The SMILES string of the molecule is CC(C)OCCCCNCc1ccc(C2CC2C)o1. The molecule has 1 aliphatic rings. The van der Waals surface area contributed by atoms with Gasteiger partial charge < -0.3 is 14.5 Å². The summed E-state index contributed by atoms with van der Waals surface area (Å²) in [5, 5.41) is 3.42. The van der Waals surface area contributed by atoms with Crippen LogP contribution in [0.25, 0.3) is 0 Å². The number of rotatable bonds is 9. The molecule has 2 unspecified atom stereocenters. The van der Waals surface area contributed by atoms with E-state index in [0.29, 0.717) is 12.0 Å². The third-order valence-electron chi connectivity index (χ3n) is 3.66. The van der Waals surface area contributed by atoms with Crippen molar-refractivity contribution in [3.63, 3.8) is 0 Å². The molecule has 1 aliphatic carbocycles. The lowest BCUT2D eigenvalue weighted by atomic mass is 10.3. The molecule has 0 aromatic carbocycles. The Morgan fingerprint density at radius 3 is 2.84 bits per heavy atom. The van der Waals surface area contributed by atoms with Crippen molar-refractivity contribution in [3.8, 4) is 0 Å². The number of furan rings is 1. The maximum Gasteiger partial charge on any atom is 0.117 e. The normalized spacial score (nSPS) is 22.1. The van der Waals surface area contributed by atoms with Crippen molar-refractivity contribution in [2.24, 2.45) is 5.92 Å². The number of nitrogens with one attached hydrogen (secondary N) is 1. The van der Waals surface area contributed by atoms with Gasteiger partial charge in [0, 0.05) is 12.5 Å². The Morgan fingerprint density at radius 2 is 2.16 bits per heavy atom. The van der Waals surface area contributed by atoms with Crippen LogP contribution in [0.15, 0.2) is 16.5 Å². The Hall–Kier alpha value is -0.800. The predicted molar refractivity (Wildman–Crippen MR) is 77.3 cm³/mol. The number of ether oxygens (including phenoxy) is 1. The second-order valence-corrected chi connectivity index (χ2v) is 5.93. The number of hydrogen-bond donors (Lipinski definition) is 1. The minimum Gasteiger partial charge on any atom is -0.464 e. The summed E-state index contributed by atoms with van der Waals surface area (Å²) in [6.07, 6.45) is 3.91. The maximum atomic E-state index is 5.85. The Labute approximate surface area is 116 Å². The van der Waals surface area contributed by atoms with Crippen molar-refractivity contribution in [2.45, 2.75) is 58.6 Å². The average molecular weight is 265 g/mol. The molecule has 1 fully saturated rings. The van der Waals surface area contributed by atoms with Gasteiger partial charge in [-0.3, -0.25) is 0 Å². The van der Waals surface area contributed by atoms with Crippen molar-refractivity contribution in [3.05, 3.63) is 23.7 Å². The van der Waals surface area contributed by atoms with Gasteiger partial charge in [-0.25, -0.2) is 0 Å². The summed E-state index contributed by atoms with van der Waals surface area (Å²) in [7, 11) is 0. The Morgan fingerprint density at radius 1 is 1.37 bits per heavy atom. The molecule has 3 nitrogen and oxygen atoms in total. The maximum absolute atomic E-state index is 5.85. The molecule has 1 heterocycles. The van der Waals surface area contributed by atoms with Crippen molar-refractivity contribution in [1.29, 1.82) is 0 Å². The van der Waals surface area contributed by atoms with Gasteiger partial charge in [-0.1, -0.05) is 6.92 Å². The van der Waals surface area contributed by atoms with E-state index < -0.39 is 0 Å². The molecule has 2 atom stereocenters. The van der Waals surface area contributed by atoms with Crippen LogP contribution in [0, 0.1) is 5.92 Å². The minimum atomic E-state index is 0.347. The lowest BCUT2D eigenvalue weighted by Gasteiger charge is -2.07. The summed E-state index contributed by atoms with van der Waals surface area (Å²) in [5.41, 5.74) is 0. The van der Waals surface area contributed by atoms with E-state index in [4.69, 9.17) is 9.15 Å². The lowest BCUT2D eigenvalue weighted by molar-refractivity contribution is 0.0760. The molecule has 0 spiro atoms. The highest BCUT2D eigenvalue weighted by atomic mass is 16.5. The summed E-state index contributed by atoms with van der Waals surface area (Å²) in [4.78, 5) is 0. The van der Waals surface area contributed by atoms with Gasteiger partial charge in [-0.05, 0) is 57.7 Å². The fourth-order valence-corrected chi connectivity index (χ4v) is 2.29. The molecule has 2 rings (SSSR count). The quantitative estimate of drug-likeness (QED) is 0.691. The van der Waals surface area contributed by atoms with Gasteiger partial charge in [-0.2, -0.15) is 0 Å². The molecular formula is C16H27NO2. The fraction of sp³-hybridized carbons (Fsp3) is 0.750. The van der Waals surface area contributed by atoms with E-state index in [1.54, 1.807) is 0 Å². The zero-order valence-corrected chi connectivity index (χ0v) is 12.4. The highest BCUT2D eigenvalue weighted by molar-refractivity contribution is 5.17. The van der Waals surface area contributed by atoms with Crippen LogP contribution in [0.2, 0.25) is 0 Å². The van der Waals surface area contributed by atoms with Gasteiger partial charge in [-0.15, -0.1) is 0 Å². The fourth-order valence-electron chi connectivity index (χ4n) is 2.29. The first-order valence-corrected chi connectivity index (χ1v) is 7.57. The molecule has 0 saturated heterocycles. The molecule has 3 heteroatoms. The molecular weight excluding hydrogens is 238 g/mol. The third kappa shape index (κ3) is 5.00.